The molecule has 5 rings (SSSR count). The molecule has 1 fully saturated rings. The van der Waals surface area contributed by atoms with E-state index in [1.807, 2.05) is 13.0 Å². The lowest BCUT2D eigenvalue weighted by Gasteiger charge is -2.53. The van der Waals surface area contributed by atoms with E-state index < -0.39 is 75.6 Å². The van der Waals surface area contributed by atoms with Gasteiger partial charge in [0.05, 0.1) is 23.6 Å². The van der Waals surface area contributed by atoms with Crippen molar-refractivity contribution in [1.82, 2.24) is 4.90 Å². The van der Waals surface area contributed by atoms with Crippen LogP contribution in [0.2, 0.25) is 0 Å². The van der Waals surface area contributed by atoms with Crippen LogP contribution in [0.3, 0.4) is 0 Å². The summed E-state index contributed by atoms with van der Waals surface area (Å²) in [4.78, 5) is 41.1. The van der Waals surface area contributed by atoms with Crippen molar-refractivity contribution in [2.24, 2.45) is 17.6 Å². The Morgan fingerprint density at radius 1 is 1.08 bits per heavy atom. The van der Waals surface area contributed by atoms with E-state index in [2.05, 4.69) is 0 Å². The predicted octanol–water partition coefficient (Wildman–Crippen LogP) is 1.87. The monoisotopic (exact) mass is 540 g/mol. The van der Waals surface area contributed by atoms with Crippen LogP contribution in [0.15, 0.2) is 34.8 Å². The molecule has 6 atom stereocenters. The SMILES string of the molecule is C[C@H]1c2ccc(C3(C)CCCCC3)c(O)c2C(=O)C2=C(O)[C@]3(O)C(=O)C(C(N)=O)=C(O)[C@@H](N(C)C)[C@@H]3[C@@H](O)[C@@H]21. The number of fused-ring (bicyclic) bond motifs is 3. The minimum atomic E-state index is -2.91. The summed E-state index contributed by atoms with van der Waals surface area (Å²) >= 11 is 0. The molecule has 0 saturated heterocycles. The smallest absolute Gasteiger partial charge is 0.255 e. The molecule has 39 heavy (non-hydrogen) atoms. The molecule has 10 nitrogen and oxygen atoms in total. The molecule has 1 amide bonds. The van der Waals surface area contributed by atoms with Gasteiger partial charge in [-0.15, -0.1) is 0 Å². The number of aliphatic hydroxyl groups excluding tert-OH is 3. The van der Waals surface area contributed by atoms with E-state index in [0.717, 1.165) is 32.1 Å². The lowest BCUT2D eigenvalue weighted by Crippen LogP contribution is -2.68. The number of phenols is 1. The molecule has 0 heterocycles. The van der Waals surface area contributed by atoms with Gasteiger partial charge in [0, 0.05) is 17.1 Å². The molecule has 4 aliphatic rings. The van der Waals surface area contributed by atoms with Gasteiger partial charge in [-0.2, -0.15) is 0 Å². The van der Waals surface area contributed by atoms with Crippen LogP contribution < -0.4 is 5.73 Å². The van der Waals surface area contributed by atoms with Crippen molar-refractivity contribution in [3.63, 3.8) is 0 Å². The van der Waals surface area contributed by atoms with Crippen LogP contribution in [-0.4, -0.2) is 79.7 Å². The molecule has 210 valence electrons. The Kier molecular flexibility index (Phi) is 6.25. The molecule has 1 aromatic carbocycles. The first-order valence-electron chi connectivity index (χ1n) is 13.4. The summed E-state index contributed by atoms with van der Waals surface area (Å²) in [5.74, 6) is -8.64. The van der Waals surface area contributed by atoms with Gasteiger partial charge < -0.3 is 31.3 Å². The zero-order valence-electron chi connectivity index (χ0n) is 22.6. The van der Waals surface area contributed by atoms with Crippen molar-refractivity contribution >= 4 is 17.5 Å². The number of amides is 1. The fraction of sp³-hybridized carbons (Fsp3) is 0.552. The minimum Gasteiger partial charge on any atom is -0.510 e. The highest BCUT2D eigenvalue weighted by molar-refractivity contribution is 6.25. The Bertz CT molecular complexity index is 1350. The van der Waals surface area contributed by atoms with Crippen molar-refractivity contribution in [3.8, 4) is 5.75 Å². The Balaban J connectivity index is 1.75. The average Bonchev–Trinajstić information content (AvgIpc) is 2.86. The van der Waals surface area contributed by atoms with Crippen molar-refractivity contribution in [3.05, 3.63) is 51.5 Å². The van der Waals surface area contributed by atoms with Crippen molar-refractivity contribution in [2.75, 3.05) is 14.1 Å². The number of ketones is 2. The highest BCUT2D eigenvalue weighted by Crippen LogP contribution is 2.56. The van der Waals surface area contributed by atoms with Gasteiger partial charge >= 0.3 is 0 Å². The maximum Gasteiger partial charge on any atom is 0.255 e. The third-order valence-corrected chi connectivity index (χ3v) is 9.74. The molecule has 10 heteroatoms. The number of aromatic hydroxyl groups is 1. The molecule has 1 saturated carbocycles. The fourth-order valence-corrected chi connectivity index (χ4v) is 7.71. The molecule has 0 radical (unpaired) electrons. The first-order chi connectivity index (χ1) is 18.2. The number of hydrogen-bond acceptors (Lipinski definition) is 9. The van der Waals surface area contributed by atoms with Gasteiger partial charge in [-0.3, -0.25) is 19.3 Å². The second-order valence-corrected chi connectivity index (χ2v) is 12.1. The molecule has 7 N–H and O–H groups in total. The lowest BCUT2D eigenvalue weighted by atomic mass is 9.55. The quantitative estimate of drug-likeness (QED) is 0.312. The van der Waals surface area contributed by atoms with Crippen molar-refractivity contribution < 1.29 is 39.9 Å². The number of nitrogens with two attached hydrogens (primary N) is 1. The molecule has 4 aliphatic carbocycles. The van der Waals surface area contributed by atoms with E-state index in [-0.39, 0.29) is 16.7 Å². The van der Waals surface area contributed by atoms with E-state index in [9.17, 15) is 39.9 Å². The number of Topliss-reactive ketones (excluding diaryl/α,β-unsaturated/α-hetero) is 2. The molecule has 0 aliphatic heterocycles. The summed E-state index contributed by atoms with van der Waals surface area (Å²) in [7, 11) is 3.02. The molecule has 0 spiro atoms. The van der Waals surface area contributed by atoms with E-state index in [4.69, 9.17) is 5.73 Å². The van der Waals surface area contributed by atoms with E-state index in [0.29, 0.717) is 11.1 Å². The summed E-state index contributed by atoms with van der Waals surface area (Å²) in [6.45, 7) is 3.78. The van der Waals surface area contributed by atoms with Gasteiger partial charge in [0.1, 0.15) is 22.8 Å². The normalized spacial score (nSPS) is 34.1. The van der Waals surface area contributed by atoms with Crippen molar-refractivity contribution in [1.29, 1.82) is 0 Å². The number of hydrogen-bond donors (Lipinski definition) is 6. The predicted molar refractivity (Wildman–Crippen MR) is 140 cm³/mol. The number of likely N-dealkylation sites (N-methyl/N-ethyl adjacent to an activating group) is 1. The number of phenolic OH excluding ortho intramolecular Hbond substituents is 1. The number of nitrogens with zero attached hydrogens (tertiary/aromatic N) is 1. The van der Waals surface area contributed by atoms with Crippen LogP contribution >= 0.6 is 0 Å². The molecular weight excluding hydrogens is 504 g/mol. The second kappa shape index (κ2) is 8.90. The number of carbonyl (C=O) groups is 3. The van der Waals surface area contributed by atoms with Crippen LogP contribution in [0.1, 0.15) is 73.4 Å². The minimum absolute atomic E-state index is 0.0280. The van der Waals surface area contributed by atoms with Crippen LogP contribution in [0.4, 0.5) is 0 Å². The highest BCUT2D eigenvalue weighted by Gasteiger charge is 2.67. The second-order valence-electron chi connectivity index (χ2n) is 12.1. The summed E-state index contributed by atoms with van der Waals surface area (Å²) in [6, 6.07) is 2.32. The highest BCUT2D eigenvalue weighted by atomic mass is 16.4. The lowest BCUT2D eigenvalue weighted by molar-refractivity contribution is -0.162. The van der Waals surface area contributed by atoms with Gasteiger partial charge in [0.25, 0.3) is 5.91 Å². The molecule has 1 aromatic rings. The number of rotatable bonds is 3. The molecule has 0 bridgehead atoms. The first kappa shape index (κ1) is 27.4. The Hall–Kier alpha value is -3.21. The van der Waals surface area contributed by atoms with E-state index >= 15 is 0 Å². The summed E-state index contributed by atoms with van der Waals surface area (Å²) < 4.78 is 0. The number of carbonyl (C=O) groups excluding carboxylic acids is 3. The number of aliphatic hydroxyl groups is 4. The van der Waals surface area contributed by atoms with Crippen LogP contribution in [0.25, 0.3) is 0 Å². The van der Waals surface area contributed by atoms with E-state index in [1.54, 1.807) is 13.0 Å². The Labute approximate surface area is 226 Å². The van der Waals surface area contributed by atoms with E-state index in [1.165, 1.54) is 19.0 Å². The Morgan fingerprint density at radius 3 is 2.26 bits per heavy atom. The topological polar surface area (TPSA) is 182 Å². The van der Waals surface area contributed by atoms with Gasteiger partial charge in [0.2, 0.25) is 5.78 Å². The van der Waals surface area contributed by atoms with Crippen LogP contribution in [-0.2, 0) is 15.0 Å². The number of benzene rings is 1. The molecule has 0 aromatic heterocycles. The number of primary amides is 1. The van der Waals surface area contributed by atoms with Gasteiger partial charge in [0.15, 0.2) is 11.4 Å². The molecule has 0 unspecified atom stereocenters. The fourth-order valence-electron chi connectivity index (χ4n) is 7.71. The zero-order chi connectivity index (χ0) is 28.8. The van der Waals surface area contributed by atoms with Gasteiger partial charge in [-0.25, -0.2) is 0 Å². The summed E-state index contributed by atoms with van der Waals surface area (Å²) in [5.41, 5.74) is 1.89. The average molecular weight is 541 g/mol. The van der Waals surface area contributed by atoms with Crippen LogP contribution in [0, 0.1) is 11.8 Å². The third-order valence-electron chi connectivity index (χ3n) is 9.74. The third kappa shape index (κ3) is 3.47. The first-order valence-corrected chi connectivity index (χ1v) is 13.4. The maximum atomic E-state index is 14.1. The zero-order valence-corrected chi connectivity index (χ0v) is 22.6. The Morgan fingerprint density at radius 2 is 1.69 bits per heavy atom. The molecular formula is C29H36N2O8. The van der Waals surface area contributed by atoms with Crippen LogP contribution in [0.5, 0.6) is 5.75 Å². The maximum absolute atomic E-state index is 14.1. The summed E-state index contributed by atoms with van der Waals surface area (Å²) in [6.07, 6.45) is 3.15. The standard InChI is InChI=1S/C29H36N2O8/c1-12-13-8-9-14(28(2)10-6-5-7-11-28)21(32)16(13)22(33)17-15(12)23(34)19-20(31(3)4)24(35)18(27(30)38)26(37)29(19,39)25(17)36/h8-9,12,15,19-20,23,32,34-36,39H,5-7,10-11H2,1-4H3,(H2,30,38)/t12-,15+,19+,20-,23-,29-/m0/s1. The van der Waals surface area contributed by atoms with Gasteiger partial charge in [-0.05, 0) is 43.8 Å². The summed E-state index contributed by atoms with van der Waals surface area (Å²) in [5, 5.41) is 57.4. The van der Waals surface area contributed by atoms with Crippen molar-refractivity contribution in [2.45, 2.75) is 75.0 Å². The van der Waals surface area contributed by atoms with Gasteiger partial charge in [-0.1, -0.05) is 45.2 Å². The largest absolute Gasteiger partial charge is 0.510 e.